The second-order valence-electron chi connectivity index (χ2n) is 9.27. The zero-order chi connectivity index (χ0) is 24.9. The van der Waals surface area contributed by atoms with E-state index in [9.17, 15) is 14.3 Å². The number of likely N-dealkylation sites (N-methyl/N-ethyl adjacent to an activating group) is 1. The van der Waals surface area contributed by atoms with Gasteiger partial charge >= 0.3 is 0 Å². The summed E-state index contributed by atoms with van der Waals surface area (Å²) in [5.74, 6) is -0.391. The number of hydrogen-bond acceptors (Lipinski definition) is 6. The van der Waals surface area contributed by atoms with Gasteiger partial charge in [-0.05, 0) is 49.4 Å². The fraction of sp³-hybridized carbons (Fsp3) is 0.370. The summed E-state index contributed by atoms with van der Waals surface area (Å²) in [4.78, 5) is 26.1. The average Bonchev–Trinajstić information content (AvgIpc) is 2.86. The fourth-order valence-electron chi connectivity index (χ4n) is 4.32. The minimum Gasteiger partial charge on any atom is -0.472 e. The maximum Gasteiger partial charge on any atom is 0.259 e. The number of carbonyl (C=O) groups excluding carboxylic acids is 1. The van der Waals surface area contributed by atoms with Gasteiger partial charge in [-0.3, -0.25) is 14.7 Å². The Hall–Kier alpha value is -3.36. The molecule has 1 N–H and O–H groups in total. The van der Waals surface area contributed by atoms with Crippen LogP contribution in [-0.4, -0.2) is 69.7 Å². The zero-order valence-electron chi connectivity index (χ0n) is 20.3. The number of fused-ring (bicyclic) bond motifs is 1. The van der Waals surface area contributed by atoms with Crippen molar-refractivity contribution in [3.63, 3.8) is 0 Å². The van der Waals surface area contributed by atoms with E-state index in [0.717, 1.165) is 5.56 Å². The standard InChI is InChI=1S/C27H31FN4O3/c1-18-14-32(19(2)17-33)27(34)24-11-22(21-7-4-8-23(28)10-21)13-30-26(24)35-25(18)16-31(3)15-20-6-5-9-29-12-20/h4-13,18-19,25,33H,14-17H2,1-3H3/t18-,19+,25-/m1/s1. The summed E-state index contributed by atoms with van der Waals surface area (Å²) in [6, 6.07) is 11.4. The van der Waals surface area contributed by atoms with Crippen molar-refractivity contribution in [3.8, 4) is 17.0 Å². The Kier molecular flexibility index (Phi) is 7.73. The first-order chi connectivity index (χ1) is 16.9. The van der Waals surface area contributed by atoms with Crippen LogP contribution in [0.15, 0.2) is 61.1 Å². The Morgan fingerprint density at radius 2 is 2.06 bits per heavy atom. The van der Waals surface area contributed by atoms with Gasteiger partial charge in [0.2, 0.25) is 5.88 Å². The molecule has 3 heterocycles. The molecule has 0 radical (unpaired) electrons. The van der Waals surface area contributed by atoms with Crippen LogP contribution in [0.4, 0.5) is 4.39 Å². The lowest BCUT2D eigenvalue weighted by Crippen LogP contribution is -2.49. The van der Waals surface area contributed by atoms with E-state index in [1.54, 1.807) is 35.5 Å². The first-order valence-corrected chi connectivity index (χ1v) is 11.8. The van der Waals surface area contributed by atoms with Crippen LogP contribution in [0.2, 0.25) is 0 Å². The van der Waals surface area contributed by atoms with Gasteiger partial charge in [-0.1, -0.05) is 25.1 Å². The molecule has 7 nitrogen and oxygen atoms in total. The van der Waals surface area contributed by atoms with Crippen LogP contribution >= 0.6 is 0 Å². The summed E-state index contributed by atoms with van der Waals surface area (Å²) >= 11 is 0. The highest BCUT2D eigenvalue weighted by Gasteiger charge is 2.34. The Labute approximate surface area is 205 Å². The second-order valence-corrected chi connectivity index (χ2v) is 9.27. The third kappa shape index (κ3) is 5.83. The SMILES string of the molecule is C[C@@H]1CN([C@@H](C)CO)C(=O)c2cc(-c3cccc(F)c3)cnc2O[C@@H]1CN(C)Cc1cccnc1. The van der Waals surface area contributed by atoms with Gasteiger partial charge in [-0.15, -0.1) is 0 Å². The van der Waals surface area contributed by atoms with Crippen molar-refractivity contribution >= 4 is 5.91 Å². The van der Waals surface area contributed by atoms with Crippen LogP contribution in [0.25, 0.3) is 11.1 Å². The molecule has 184 valence electrons. The van der Waals surface area contributed by atoms with Gasteiger partial charge in [0.05, 0.1) is 12.6 Å². The molecule has 4 rings (SSSR count). The smallest absolute Gasteiger partial charge is 0.259 e. The van der Waals surface area contributed by atoms with Crippen molar-refractivity contribution in [2.24, 2.45) is 5.92 Å². The molecule has 0 aliphatic carbocycles. The van der Waals surface area contributed by atoms with Gasteiger partial charge in [0.25, 0.3) is 5.91 Å². The molecular formula is C27H31FN4O3. The highest BCUT2D eigenvalue weighted by molar-refractivity contribution is 5.98. The van der Waals surface area contributed by atoms with Crippen molar-refractivity contribution in [1.29, 1.82) is 0 Å². The third-order valence-electron chi connectivity index (χ3n) is 6.35. The first-order valence-electron chi connectivity index (χ1n) is 11.8. The van der Waals surface area contributed by atoms with Crippen LogP contribution in [0.1, 0.15) is 29.8 Å². The molecule has 1 aliphatic rings. The van der Waals surface area contributed by atoms with E-state index in [4.69, 9.17) is 4.74 Å². The second kappa shape index (κ2) is 10.9. The van der Waals surface area contributed by atoms with Crippen molar-refractivity contribution in [3.05, 3.63) is 78.0 Å². The molecule has 1 aliphatic heterocycles. The van der Waals surface area contributed by atoms with Crippen molar-refractivity contribution < 1.29 is 19.0 Å². The number of pyridine rings is 2. The lowest BCUT2D eigenvalue weighted by molar-refractivity contribution is 0.0325. The molecule has 2 aromatic heterocycles. The van der Waals surface area contributed by atoms with Gasteiger partial charge in [0.15, 0.2) is 0 Å². The highest BCUT2D eigenvalue weighted by atomic mass is 19.1. The molecule has 3 atom stereocenters. The van der Waals surface area contributed by atoms with Crippen molar-refractivity contribution in [2.45, 2.75) is 32.5 Å². The summed E-state index contributed by atoms with van der Waals surface area (Å²) in [5.41, 5.74) is 2.64. The molecule has 0 spiro atoms. The number of nitrogens with zero attached hydrogens (tertiary/aromatic N) is 4. The molecule has 0 saturated carbocycles. The van der Waals surface area contributed by atoms with Gasteiger partial charge in [0, 0.05) is 49.7 Å². The largest absolute Gasteiger partial charge is 0.472 e. The maximum atomic E-state index is 13.8. The Morgan fingerprint density at radius 1 is 1.23 bits per heavy atom. The quantitative estimate of drug-likeness (QED) is 0.559. The summed E-state index contributed by atoms with van der Waals surface area (Å²) in [6.45, 7) is 5.44. The van der Waals surface area contributed by atoms with Crippen molar-refractivity contribution in [2.75, 3.05) is 26.7 Å². The van der Waals surface area contributed by atoms with Crippen LogP contribution in [0.3, 0.4) is 0 Å². The van der Waals surface area contributed by atoms with Gasteiger partial charge in [-0.2, -0.15) is 0 Å². The number of hydrogen-bond donors (Lipinski definition) is 1. The molecule has 0 fully saturated rings. The van der Waals surface area contributed by atoms with Crippen LogP contribution in [-0.2, 0) is 6.54 Å². The van der Waals surface area contributed by atoms with E-state index in [0.29, 0.717) is 36.3 Å². The van der Waals surface area contributed by atoms with E-state index in [2.05, 4.69) is 14.9 Å². The van der Waals surface area contributed by atoms with E-state index in [1.165, 1.54) is 12.1 Å². The van der Waals surface area contributed by atoms with E-state index < -0.39 is 0 Å². The van der Waals surface area contributed by atoms with E-state index in [1.807, 2.05) is 39.2 Å². The number of benzene rings is 1. The lowest BCUT2D eigenvalue weighted by Gasteiger charge is -2.37. The van der Waals surface area contributed by atoms with Crippen LogP contribution in [0, 0.1) is 11.7 Å². The molecule has 0 saturated heterocycles. The molecule has 0 unspecified atom stereocenters. The molecule has 8 heteroatoms. The summed E-state index contributed by atoms with van der Waals surface area (Å²) < 4.78 is 20.2. The molecule has 0 bridgehead atoms. The predicted molar refractivity (Wildman–Crippen MR) is 131 cm³/mol. The molecule has 3 aromatic rings. The topological polar surface area (TPSA) is 78.8 Å². The minimum atomic E-state index is -0.373. The number of carbonyl (C=O) groups is 1. The average molecular weight is 479 g/mol. The van der Waals surface area contributed by atoms with Gasteiger partial charge < -0.3 is 14.7 Å². The number of aliphatic hydroxyl groups is 1. The van der Waals surface area contributed by atoms with E-state index >= 15 is 0 Å². The van der Waals surface area contributed by atoms with Gasteiger partial charge in [-0.25, -0.2) is 9.37 Å². The Bertz CT molecular complexity index is 1160. The van der Waals surface area contributed by atoms with E-state index in [-0.39, 0.29) is 42.3 Å². The van der Waals surface area contributed by atoms with Crippen LogP contribution in [0.5, 0.6) is 5.88 Å². The number of ether oxygens (including phenoxy) is 1. The minimum absolute atomic E-state index is 0.0119. The monoisotopic (exact) mass is 478 g/mol. The zero-order valence-corrected chi connectivity index (χ0v) is 20.3. The fourth-order valence-corrected chi connectivity index (χ4v) is 4.32. The molecule has 1 aromatic carbocycles. The van der Waals surface area contributed by atoms with Crippen LogP contribution < -0.4 is 4.74 Å². The summed E-state index contributed by atoms with van der Waals surface area (Å²) in [6.07, 6.45) is 4.94. The predicted octanol–water partition coefficient (Wildman–Crippen LogP) is 3.63. The normalized spacial score (nSPS) is 19.0. The highest BCUT2D eigenvalue weighted by Crippen LogP contribution is 2.30. The lowest BCUT2D eigenvalue weighted by atomic mass is 9.99. The molecule has 35 heavy (non-hydrogen) atoms. The van der Waals surface area contributed by atoms with Gasteiger partial charge in [0.1, 0.15) is 17.5 Å². The molecular weight excluding hydrogens is 447 g/mol. The first kappa shape index (κ1) is 24.8. The number of aliphatic hydroxyl groups excluding tert-OH is 1. The Balaban J connectivity index is 1.66. The number of rotatable bonds is 7. The third-order valence-corrected chi connectivity index (χ3v) is 6.35. The molecule has 1 amide bonds. The Morgan fingerprint density at radius 3 is 2.77 bits per heavy atom. The van der Waals surface area contributed by atoms with Crippen molar-refractivity contribution in [1.82, 2.24) is 19.8 Å². The maximum absolute atomic E-state index is 13.8. The number of aromatic nitrogens is 2. The summed E-state index contributed by atoms with van der Waals surface area (Å²) in [5, 5.41) is 9.84. The number of amides is 1. The number of halogens is 1. The summed E-state index contributed by atoms with van der Waals surface area (Å²) in [7, 11) is 2.02.